The normalized spacial score (nSPS) is 14.9. The van der Waals surface area contributed by atoms with Crippen LogP contribution in [0.15, 0.2) is 61.1 Å². The number of piperidine rings is 1. The van der Waals surface area contributed by atoms with Crippen molar-refractivity contribution in [1.82, 2.24) is 19.9 Å². The molecule has 0 saturated carbocycles. The first kappa shape index (κ1) is 28.0. The van der Waals surface area contributed by atoms with E-state index in [1.165, 1.54) is 13.2 Å². The number of benzene rings is 1. The molecule has 0 bridgehead atoms. The van der Waals surface area contributed by atoms with Gasteiger partial charge in [-0.25, -0.2) is 24.3 Å². The average Bonchev–Trinajstić information content (AvgIpc) is 2.93. The van der Waals surface area contributed by atoms with Crippen molar-refractivity contribution >= 4 is 35.5 Å². The van der Waals surface area contributed by atoms with Gasteiger partial charge in [0.2, 0.25) is 0 Å². The van der Waals surface area contributed by atoms with Gasteiger partial charge in [-0.3, -0.25) is 0 Å². The summed E-state index contributed by atoms with van der Waals surface area (Å²) < 4.78 is 20.0. The molecule has 3 N–H and O–H groups in total. The molecule has 1 aliphatic rings. The molecule has 0 amide bonds. The van der Waals surface area contributed by atoms with Crippen LogP contribution in [0, 0.1) is 5.82 Å². The first-order valence-corrected chi connectivity index (χ1v) is 12.5. The van der Waals surface area contributed by atoms with E-state index in [1.807, 2.05) is 43.5 Å². The second kappa shape index (κ2) is 12.2. The monoisotopic (exact) mass is 550 g/mol. The highest BCUT2D eigenvalue weighted by molar-refractivity contribution is 5.85. The van der Waals surface area contributed by atoms with Gasteiger partial charge in [0.15, 0.2) is 5.82 Å². The van der Waals surface area contributed by atoms with Crippen molar-refractivity contribution in [2.24, 2.45) is 5.73 Å². The van der Waals surface area contributed by atoms with E-state index in [9.17, 15) is 4.39 Å². The number of nitrogens with zero attached hydrogens (tertiary/aromatic N) is 6. The lowest BCUT2D eigenvalue weighted by Crippen LogP contribution is -2.43. The molecular weight excluding hydrogens is 519 g/mol. The van der Waals surface area contributed by atoms with Gasteiger partial charge in [-0.2, -0.15) is 0 Å². The zero-order valence-electron chi connectivity index (χ0n) is 22.1. The summed E-state index contributed by atoms with van der Waals surface area (Å²) in [4.78, 5) is 22.3. The van der Waals surface area contributed by atoms with Gasteiger partial charge in [-0.1, -0.05) is 6.07 Å². The van der Waals surface area contributed by atoms with Gasteiger partial charge in [0.05, 0.1) is 12.7 Å². The number of pyridine rings is 2. The number of nitrogens with one attached hydrogen (secondary N) is 1. The third-order valence-electron chi connectivity index (χ3n) is 6.53. The zero-order valence-corrected chi connectivity index (χ0v) is 23.0. The van der Waals surface area contributed by atoms with E-state index >= 15 is 0 Å². The summed E-state index contributed by atoms with van der Waals surface area (Å²) >= 11 is 0. The summed E-state index contributed by atoms with van der Waals surface area (Å²) in [5, 5.41) is 3.26. The highest BCUT2D eigenvalue weighted by Crippen LogP contribution is 2.35. The number of nitrogens with two attached hydrogens (primary N) is 1. The Hall–Kier alpha value is -4.02. The Morgan fingerprint density at radius 1 is 1.08 bits per heavy atom. The second-order valence-corrected chi connectivity index (χ2v) is 9.44. The van der Waals surface area contributed by atoms with Gasteiger partial charge < -0.3 is 25.6 Å². The van der Waals surface area contributed by atoms with E-state index in [2.05, 4.69) is 36.2 Å². The Labute approximate surface area is 233 Å². The molecule has 1 aliphatic heterocycles. The SMILES string of the molecule is COc1cccc(F)c1-c1nccc(Nc2cc(N3CCC[C@H](N)C3)c(-c3ccc(N(C)C)nc3)cn2)n1.Cl. The molecule has 9 nitrogen and oxygen atoms in total. The molecule has 4 heterocycles. The van der Waals surface area contributed by atoms with Crippen LogP contribution >= 0.6 is 12.4 Å². The van der Waals surface area contributed by atoms with Gasteiger partial charge in [0.1, 0.15) is 29.0 Å². The summed E-state index contributed by atoms with van der Waals surface area (Å²) in [6.45, 7) is 1.66. The molecule has 1 fully saturated rings. The minimum atomic E-state index is -0.457. The molecular formula is C28H32ClFN8O. The van der Waals surface area contributed by atoms with Crippen LogP contribution in [0.1, 0.15) is 12.8 Å². The largest absolute Gasteiger partial charge is 0.496 e. The topological polar surface area (TPSA) is 105 Å². The van der Waals surface area contributed by atoms with Crippen molar-refractivity contribution < 1.29 is 9.13 Å². The van der Waals surface area contributed by atoms with Crippen molar-refractivity contribution in [2.75, 3.05) is 49.4 Å². The van der Waals surface area contributed by atoms with Gasteiger partial charge in [0, 0.05) is 74.7 Å². The summed E-state index contributed by atoms with van der Waals surface area (Å²) in [6, 6.07) is 12.5. The molecule has 0 radical (unpaired) electrons. The fraction of sp³-hybridized carbons (Fsp3) is 0.286. The van der Waals surface area contributed by atoms with E-state index in [1.54, 1.807) is 24.4 Å². The molecule has 0 spiro atoms. The minimum absolute atomic E-state index is 0. The number of hydrogen-bond acceptors (Lipinski definition) is 9. The number of aromatic nitrogens is 4. The highest BCUT2D eigenvalue weighted by atomic mass is 35.5. The van der Waals surface area contributed by atoms with Crippen LogP contribution in [0.25, 0.3) is 22.5 Å². The summed E-state index contributed by atoms with van der Waals surface area (Å²) in [5.74, 6) is 2.09. The average molecular weight is 551 g/mol. The minimum Gasteiger partial charge on any atom is -0.496 e. The number of ether oxygens (including phenoxy) is 1. The van der Waals surface area contributed by atoms with Gasteiger partial charge in [0.25, 0.3) is 0 Å². The Morgan fingerprint density at radius 3 is 2.64 bits per heavy atom. The molecule has 5 rings (SSSR count). The fourth-order valence-corrected chi connectivity index (χ4v) is 4.61. The summed E-state index contributed by atoms with van der Waals surface area (Å²) in [6.07, 6.45) is 7.30. The maximum atomic E-state index is 14.6. The van der Waals surface area contributed by atoms with Crippen molar-refractivity contribution in [3.8, 4) is 28.3 Å². The number of hydrogen-bond donors (Lipinski definition) is 2. The third-order valence-corrected chi connectivity index (χ3v) is 6.53. The van der Waals surface area contributed by atoms with Crippen LogP contribution in [-0.4, -0.2) is 60.3 Å². The summed E-state index contributed by atoms with van der Waals surface area (Å²) in [7, 11) is 5.42. The van der Waals surface area contributed by atoms with Crippen LogP contribution < -0.4 is 25.6 Å². The lowest BCUT2D eigenvalue weighted by atomic mass is 10.0. The molecule has 0 aliphatic carbocycles. The second-order valence-electron chi connectivity index (χ2n) is 9.44. The highest BCUT2D eigenvalue weighted by Gasteiger charge is 2.21. The van der Waals surface area contributed by atoms with Crippen molar-refractivity contribution in [3.05, 3.63) is 66.9 Å². The van der Waals surface area contributed by atoms with Crippen LogP contribution in [0.4, 0.5) is 27.5 Å². The maximum absolute atomic E-state index is 14.6. The Kier molecular flexibility index (Phi) is 8.78. The molecule has 1 aromatic carbocycles. The van der Waals surface area contributed by atoms with Crippen LogP contribution in [-0.2, 0) is 0 Å². The predicted octanol–water partition coefficient (Wildman–Crippen LogP) is 4.91. The molecule has 4 aromatic rings. The Bertz CT molecular complexity index is 1420. The first-order valence-electron chi connectivity index (χ1n) is 12.5. The van der Waals surface area contributed by atoms with E-state index in [-0.39, 0.29) is 29.8 Å². The molecule has 3 aromatic heterocycles. The first-order chi connectivity index (χ1) is 18.4. The van der Waals surface area contributed by atoms with E-state index in [4.69, 9.17) is 10.5 Å². The van der Waals surface area contributed by atoms with Crippen LogP contribution in [0.2, 0.25) is 0 Å². The molecule has 39 heavy (non-hydrogen) atoms. The third kappa shape index (κ3) is 6.18. The number of halogens is 2. The zero-order chi connectivity index (χ0) is 26.6. The smallest absolute Gasteiger partial charge is 0.168 e. The van der Waals surface area contributed by atoms with Crippen molar-refractivity contribution in [2.45, 2.75) is 18.9 Å². The van der Waals surface area contributed by atoms with Gasteiger partial charge >= 0.3 is 0 Å². The van der Waals surface area contributed by atoms with Crippen LogP contribution in [0.5, 0.6) is 5.75 Å². The lowest BCUT2D eigenvalue weighted by molar-refractivity contribution is 0.413. The number of anilines is 4. The summed E-state index contributed by atoms with van der Waals surface area (Å²) in [5.41, 5.74) is 9.49. The Morgan fingerprint density at radius 2 is 1.92 bits per heavy atom. The number of rotatable bonds is 7. The van der Waals surface area contributed by atoms with Gasteiger partial charge in [-0.05, 0) is 43.2 Å². The van der Waals surface area contributed by atoms with Crippen LogP contribution in [0.3, 0.4) is 0 Å². The van der Waals surface area contributed by atoms with E-state index in [0.717, 1.165) is 48.6 Å². The lowest BCUT2D eigenvalue weighted by Gasteiger charge is -2.34. The molecule has 1 saturated heterocycles. The van der Waals surface area contributed by atoms with Gasteiger partial charge in [-0.15, -0.1) is 12.4 Å². The number of methoxy groups -OCH3 is 1. The Balaban J connectivity index is 0.00000353. The maximum Gasteiger partial charge on any atom is 0.168 e. The predicted molar refractivity (Wildman–Crippen MR) is 156 cm³/mol. The molecule has 11 heteroatoms. The fourth-order valence-electron chi connectivity index (χ4n) is 4.61. The van der Waals surface area contributed by atoms with E-state index in [0.29, 0.717) is 17.4 Å². The molecule has 204 valence electrons. The van der Waals surface area contributed by atoms with Crippen molar-refractivity contribution in [3.63, 3.8) is 0 Å². The quantitative estimate of drug-likeness (QED) is 0.332. The molecule has 1 atom stereocenters. The standard InChI is InChI=1S/C28H31FN8O.ClH/c1-36(2)26-10-9-18(15-33-26)20-16-32-25(14-22(20)37-13-5-6-19(30)17-37)34-24-11-12-31-28(35-24)27-21(29)7-4-8-23(27)38-3;/h4,7-12,14-16,19H,5-6,13,17,30H2,1-3H3,(H,31,32,34,35);1H/t19-;/m0./s1. The van der Waals surface area contributed by atoms with Crippen molar-refractivity contribution in [1.29, 1.82) is 0 Å². The van der Waals surface area contributed by atoms with E-state index < -0.39 is 5.82 Å². The molecule has 0 unspecified atom stereocenters.